The molecule has 4 nitrogen and oxygen atoms in total. The smallest absolute Gasteiger partial charge is 0.337 e. The second-order valence-corrected chi connectivity index (χ2v) is 6.46. The van der Waals surface area contributed by atoms with Crippen molar-refractivity contribution in [1.82, 2.24) is 4.90 Å². The molecule has 0 spiro atoms. The summed E-state index contributed by atoms with van der Waals surface area (Å²) >= 11 is 0. The molecule has 10 heteroatoms. The fraction of sp³-hybridized carbons (Fsp3) is 0.417. The van der Waals surface area contributed by atoms with Gasteiger partial charge in [-0.3, -0.25) is 4.79 Å². The molecule has 0 radical (unpaired) electrons. The monoisotopic (exact) mass is 343 g/mol. The third kappa shape index (κ3) is 3.37. The van der Waals surface area contributed by atoms with Crippen LogP contribution < -0.4 is 0 Å². The van der Waals surface area contributed by atoms with Crippen LogP contribution in [-0.2, 0) is 27.7 Å². The molecular weight excluding hydrogens is 333 g/mol. The van der Waals surface area contributed by atoms with Gasteiger partial charge in [-0.25, -0.2) is 4.39 Å². The number of carbonyl (C=O) groups is 1. The largest absolute Gasteiger partial charge is 0.416 e. The zero-order chi connectivity index (χ0) is 16.7. The highest BCUT2D eigenvalue weighted by atomic mass is 32.3. The van der Waals surface area contributed by atoms with Gasteiger partial charge in [0.2, 0.25) is 5.91 Å². The van der Waals surface area contributed by atoms with E-state index in [2.05, 4.69) is 0 Å². The van der Waals surface area contributed by atoms with E-state index in [0.29, 0.717) is 11.0 Å². The summed E-state index contributed by atoms with van der Waals surface area (Å²) < 4.78 is 86.6. The number of hydrogen-bond donors (Lipinski definition) is 0. The van der Waals surface area contributed by atoms with Crippen LogP contribution in [0.25, 0.3) is 0 Å². The molecule has 2 rings (SSSR count). The van der Waals surface area contributed by atoms with Crippen LogP contribution >= 0.6 is 0 Å². The molecule has 0 aliphatic carbocycles. The van der Waals surface area contributed by atoms with E-state index < -0.39 is 64.0 Å². The SMILES string of the molecule is O=C1CC(S(=O)(=O)F)CN1Cc1c(F)cccc1C(F)(F)F. The molecule has 0 bridgehead atoms. The second kappa shape index (κ2) is 5.49. The van der Waals surface area contributed by atoms with Crippen LogP contribution in [0, 0.1) is 5.82 Å². The van der Waals surface area contributed by atoms with Gasteiger partial charge in [0.1, 0.15) is 11.1 Å². The Bertz CT molecular complexity index is 701. The maximum Gasteiger partial charge on any atom is 0.416 e. The molecule has 122 valence electrons. The van der Waals surface area contributed by atoms with Gasteiger partial charge >= 0.3 is 16.4 Å². The number of alkyl halides is 3. The van der Waals surface area contributed by atoms with E-state index in [1.165, 1.54) is 0 Å². The predicted octanol–water partition coefficient (Wildman–Crippen LogP) is 2.24. The lowest BCUT2D eigenvalue weighted by Crippen LogP contribution is -2.28. The molecule has 1 aliphatic rings. The zero-order valence-electron chi connectivity index (χ0n) is 10.9. The summed E-state index contributed by atoms with van der Waals surface area (Å²) in [6.07, 6.45) is -5.50. The molecule has 0 saturated carbocycles. The molecule has 1 unspecified atom stereocenters. The lowest BCUT2D eigenvalue weighted by molar-refractivity contribution is -0.139. The fourth-order valence-electron chi connectivity index (χ4n) is 2.25. The maximum absolute atomic E-state index is 13.7. The summed E-state index contributed by atoms with van der Waals surface area (Å²) in [7, 11) is -4.99. The average molecular weight is 343 g/mol. The summed E-state index contributed by atoms with van der Waals surface area (Å²) in [5.41, 5.74) is -2.04. The van der Waals surface area contributed by atoms with E-state index >= 15 is 0 Å². The fourth-order valence-corrected chi connectivity index (χ4v) is 2.95. The molecule has 1 fully saturated rings. The Balaban J connectivity index is 2.31. The lowest BCUT2D eigenvalue weighted by atomic mass is 10.1. The molecule has 1 aromatic carbocycles. The quantitative estimate of drug-likeness (QED) is 0.625. The first-order chi connectivity index (χ1) is 10.00. The normalized spacial score (nSPS) is 19.8. The van der Waals surface area contributed by atoms with Crippen molar-refractivity contribution in [2.45, 2.75) is 24.4 Å². The number of benzene rings is 1. The van der Waals surface area contributed by atoms with E-state index in [1.807, 2.05) is 0 Å². The van der Waals surface area contributed by atoms with Gasteiger partial charge in [-0.2, -0.15) is 21.6 Å². The Hall–Kier alpha value is -1.71. The molecule has 1 saturated heterocycles. The van der Waals surface area contributed by atoms with Crippen LogP contribution in [0.2, 0.25) is 0 Å². The highest BCUT2D eigenvalue weighted by Gasteiger charge is 2.40. The molecule has 0 N–H and O–H groups in total. The van der Waals surface area contributed by atoms with Gasteiger partial charge in [0.25, 0.3) is 0 Å². The van der Waals surface area contributed by atoms with Crippen LogP contribution in [0.15, 0.2) is 18.2 Å². The van der Waals surface area contributed by atoms with Crippen LogP contribution in [0.1, 0.15) is 17.5 Å². The van der Waals surface area contributed by atoms with E-state index in [9.17, 15) is 34.7 Å². The van der Waals surface area contributed by atoms with Gasteiger partial charge < -0.3 is 4.90 Å². The Morgan fingerprint density at radius 2 is 1.91 bits per heavy atom. The highest BCUT2D eigenvalue weighted by Crippen LogP contribution is 2.34. The summed E-state index contributed by atoms with van der Waals surface area (Å²) in [6.45, 7) is -1.38. The number of halogens is 5. The average Bonchev–Trinajstić information content (AvgIpc) is 2.72. The van der Waals surface area contributed by atoms with E-state index in [0.717, 1.165) is 12.1 Å². The van der Waals surface area contributed by atoms with Crippen LogP contribution in [0.5, 0.6) is 0 Å². The van der Waals surface area contributed by atoms with Crippen molar-refractivity contribution in [3.8, 4) is 0 Å². The molecule has 1 atom stereocenters. The minimum absolute atomic E-state index is 0.608. The Morgan fingerprint density at radius 1 is 1.27 bits per heavy atom. The first kappa shape index (κ1) is 16.7. The number of amides is 1. The van der Waals surface area contributed by atoms with Crippen molar-refractivity contribution < 1.29 is 34.7 Å². The van der Waals surface area contributed by atoms with Gasteiger partial charge in [-0.15, -0.1) is 3.89 Å². The van der Waals surface area contributed by atoms with E-state index in [4.69, 9.17) is 0 Å². The summed E-state index contributed by atoms with van der Waals surface area (Å²) in [5.74, 6) is -2.02. The van der Waals surface area contributed by atoms with Crippen molar-refractivity contribution in [1.29, 1.82) is 0 Å². The molecule has 1 aliphatic heterocycles. The third-order valence-electron chi connectivity index (χ3n) is 3.35. The number of likely N-dealkylation sites (tertiary alicyclic amines) is 1. The van der Waals surface area contributed by atoms with Crippen molar-refractivity contribution in [2.75, 3.05) is 6.54 Å². The molecule has 0 aromatic heterocycles. The second-order valence-electron chi connectivity index (χ2n) is 4.84. The van der Waals surface area contributed by atoms with Crippen molar-refractivity contribution >= 4 is 16.1 Å². The Labute approximate surface area is 122 Å². The number of hydrogen-bond acceptors (Lipinski definition) is 3. The molecular formula is C12H10F5NO3S. The predicted molar refractivity (Wildman–Crippen MR) is 65.3 cm³/mol. The minimum Gasteiger partial charge on any atom is -0.337 e. The zero-order valence-corrected chi connectivity index (χ0v) is 11.7. The first-order valence-electron chi connectivity index (χ1n) is 6.06. The highest BCUT2D eigenvalue weighted by molar-refractivity contribution is 7.87. The van der Waals surface area contributed by atoms with E-state index in [-0.39, 0.29) is 0 Å². The first-order valence-corrected chi connectivity index (χ1v) is 7.50. The number of carbonyl (C=O) groups excluding carboxylic acids is 1. The standard InChI is InChI=1S/C12H10F5NO3S/c13-10-3-1-2-9(12(14,15)16)8(10)6-18-5-7(4-11(18)19)22(17,20)21/h1-3,7H,4-6H2. The Kier molecular flexibility index (Phi) is 4.16. The van der Waals surface area contributed by atoms with Crippen LogP contribution in [0.3, 0.4) is 0 Å². The molecule has 1 heterocycles. The number of rotatable bonds is 3. The van der Waals surface area contributed by atoms with Gasteiger partial charge in [0, 0.05) is 25.1 Å². The lowest BCUT2D eigenvalue weighted by Gasteiger charge is -2.20. The molecule has 1 aromatic rings. The van der Waals surface area contributed by atoms with E-state index in [1.54, 1.807) is 0 Å². The third-order valence-corrected chi connectivity index (χ3v) is 4.46. The summed E-state index contributed by atoms with van der Waals surface area (Å²) in [6, 6.07) is 2.33. The van der Waals surface area contributed by atoms with Gasteiger partial charge in [-0.05, 0) is 12.1 Å². The van der Waals surface area contributed by atoms with Crippen molar-refractivity contribution in [3.05, 3.63) is 35.1 Å². The Morgan fingerprint density at radius 3 is 2.41 bits per heavy atom. The van der Waals surface area contributed by atoms with Crippen molar-refractivity contribution in [2.24, 2.45) is 0 Å². The summed E-state index contributed by atoms with van der Waals surface area (Å²) in [4.78, 5) is 12.3. The maximum atomic E-state index is 13.7. The van der Waals surface area contributed by atoms with Gasteiger partial charge in [0.05, 0.1) is 5.56 Å². The van der Waals surface area contributed by atoms with Crippen LogP contribution in [-0.4, -0.2) is 31.0 Å². The van der Waals surface area contributed by atoms with Crippen molar-refractivity contribution in [3.63, 3.8) is 0 Å². The number of nitrogens with zero attached hydrogens (tertiary/aromatic N) is 1. The topological polar surface area (TPSA) is 54.5 Å². The summed E-state index contributed by atoms with van der Waals surface area (Å²) in [5, 5.41) is -1.64. The van der Waals surface area contributed by atoms with Crippen LogP contribution in [0.4, 0.5) is 21.4 Å². The molecule has 22 heavy (non-hydrogen) atoms. The van der Waals surface area contributed by atoms with Gasteiger partial charge in [-0.1, -0.05) is 6.07 Å². The molecule has 1 amide bonds. The van der Waals surface area contributed by atoms with Gasteiger partial charge in [0.15, 0.2) is 0 Å². The minimum atomic E-state index is -4.99.